The van der Waals surface area contributed by atoms with Crippen LogP contribution in [0.4, 0.5) is 0 Å². The summed E-state index contributed by atoms with van der Waals surface area (Å²) < 4.78 is 0. The van der Waals surface area contributed by atoms with Crippen LogP contribution in [0.3, 0.4) is 0 Å². The van der Waals surface area contributed by atoms with E-state index >= 15 is 0 Å². The van der Waals surface area contributed by atoms with E-state index in [0.29, 0.717) is 0 Å². The van der Waals surface area contributed by atoms with Gasteiger partial charge in [-0.2, -0.15) is 0 Å². The topological polar surface area (TPSA) is 44.4 Å². The highest BCUT2D eigenvalue weighted by Crippen LogP contribution is 2.28. The van der Waals surface area contributed by atoms with E-state index in [1.165, 1.54) is 12.8 Å². The molecule has 1 aliphatic carbocycles. The lowest BCUT2D eigenvalue weighted by Gasteiger charge is -2.28. The fourth-order valence-electron chi connectivity index (χ4n) is 2.94. The van der Waals surface area contributed by atoms with Gasteiger partial charge in [0.2, 0.25) is 5.91 Å². The van der Waals surface area contributed by atoms with E-state index < -0.39 is 0 Å². The number of carbonyl (C=O) groups is 1. The Hall–Kier alpha value is -0.610. The standard InChI is InChI=1S/C14H27N3O/c1-12-2-4-13(5-3-12)14(18)16-8-11-17-9-6-15-7-10-17/h12-13,15H,2-11H2,1H3,(H,16,18). The summed E-state index contributed by atoms with van der Waals surface area (Å²) >= 11 is 0. The first-order valence-electron chi connectivity index (χ1n) is 7.46. The van der Waals surface area contributed by atoms with Gasteiger partial charge in [0, 0.05) is 45.2 Å². The van der Waals surface area contributed by atoms with Crippen molar-refractivity contribution >= 4 is 5.91 Å². The molecule has 2 rings (SSSR count). The third-order valence-corrected chi connectivity index (χ3v) is 4.32. The van der Waals surface area contributed by atoms with Crippen LogP contribution in [-0.2, 0) is 4.79 Å². The summed E-state index contributed by atoms with van der Waals surface area (Å²) in [5.41, 5.74) is 0. The van der Waals surface area contributed by atoms with Crippen molar-refractivity contribution < 1.29 is 4.79 Å². The maximum atomic E-state index is 12.0. The third-order valence-electron chi connectivity index (χ3n) is 4.32. The molecule has 0 aromatic heterocycles. The summed E-state index contributed by atoms with van der Waals surface area (Å²) in [6.45, 7) is 8.47. The molecular formula is C14H27N3O. The zero-order valence-corrected chi connectivity index (χ0v) is 11.6. The molecule has 104 valence electrons. The molecule has 18 heavy (non-hydrogen) atoms. The summed E-state index contributed by atoms with van der Waals surface area (Å²) in [6.07, 6.45) is 4.60. The molecule has 0 aromatic rings. The van der Waals surface area contributed by atoms with Crippen molar-refractivity contribution in [1.82, 2.24) is 15.5 Å². The zero-order chi connectivity index (χ0) is 12.8. The Bertz CT molecular complexity index is 256. The molecular weight excluding hydrogens is 226 g/mol. The highest BCUT2D eigenvalue weighted by molar-refractivity contribution is 5.78. The van der Waals surface area contributed by atoms with Crippen molar-refractivity contribution in [3.05, 3.63) is 0 Å². The largest absolute Gasteiger partial charge is 0.355 e. The van der Waals surface area contributed by atoms with Crippen molar-refractivity contribution in [2.75, 3.05) is 39.3 Å². The Labute approximate surface area is 110 Å². The number of nitrogens with one attached hydrogen (secondary N) is 2. The molecule has 0 bridgehead atoms. The lowest BCUT2D eigenvalue weighted by Crippen LogP contribution is -2.46. The molecule has 0 radical (unpaired) electrons. The molecule has 1 saturated heterocycles. The van der Waals surface area contributed by atoms with E-state index in [0.717, 1.165) is 58.0 Å². The number of nitrogens with zero attached hydrogens (tertiary/aromatic N) is 1. The normalized spacial score (nSPS) is 30.1. The Morgan fingerprint density at radius 3 is 2.56 bits per heavy atom. The summed E-state index contributed by atoms with van der Waals surface area (Å²) in [5.74, 6) is 1.39. The summed E-state index contributed by atoms with van der Waals surface area (Å²) in [4.78, 5) is 14.4. The molecule has 0 aromatic carbocycles. The number of hydrogen-bond donors (Lipinski definition) is 2. The summed E-state index contributed by atoms with van der Waals surface area (Å²) in [7, 11) is 0. The zero-order valence-electron chi connectivity index (χ0n) is 11.6. The molecule has 4 nitrogen and oxygen atoms in total. The molecule has 0 unspecified atom stereocenters. The van der Waals surface area contributed by atoms with Crippen molar-refractivity contribution in [1.29, 1.82) is 0 Å². The highest BCUT2D eigenvalue weighted by atomic mass is 16.1. The minimum absolute atomic E-state index is 0.282. The van der Waals surface area contributed by atoms with E-state index in [1.54, 1.807) is 0 Å². The number of rotatable bonds is 4. The smallest absolute Gasteiger partial charge is 0.223 e. The first kappa shape index (κ1) is 13.8. The number of amides is 1. The van der Waals surface area contributed by atoms with Crippen LogP contribution in [0.2, 0.25) is 0 Å². The van der Waals surface area contributed by atoms with E-state index in [1.807, 2.05) is 0 Å². The fraction of sp³-hybridized carbons (Fsp3) is 0.929. The predicted molar refractivity (Wildman–Crippen MR) is 73.4 cm³/mol. The van der Waals surface area contributed by atoms with Gasteiger partial charge in [0.1, 0.15) is 0 Å². The van der Waals surface area contributed by atoms with Crippen LogP contribution in [-0.4, -0.2) is 50.1 Å². The lowest BCUT2D eigenvalue weighted by molar-refractivity contribution is -0.126. The second kappa shape index (κ2) is 7.10. The molecule has 1 amide bonds. The third kappa shape index (κ3) is 4.25. The summed E-state index contributed by atoms with van der Waals surface area (Å²) in [5, 5.41) is 6.45. The molecule has 4 heteroatoms. The Balaban J connectivity index is 1.59. The van der Waals surface area contributed by atoms with Crippen LogP contribution >= 0.6 is 0 Å². The maximum Gasteiger partial charge on any atom is 0.223 e. The van der Waals surface area contributed by atoms with Crippen LogP contribution in [0.1, 0.15) is 32.6 Å². The number of hydrogen-bond acceptors (Lipinski definition) is 3. The minimum atomic E-state index is 0.282. The van der Waals surface area contributed by atoms with Crippen molar-refractivity contribution in [3.63, 3.8) is 0 Å². The van der Waals surface area contributed by atoms with Gasteiger partial charge in [-0.3, -0.25) is 9.69 Å². The molecule has 2 N–H and O–H groups in total. The second-order valence-corrected chi connectivity index (χ2v) is 5.84. The fourth-order valence-corrected chi connectivity index (χ4v) is 2.94. The average Bonchev–Trinajstić information content (AvgIpc) is 2.40. The second-order valence-electron chi connectivity index (χ2n) is 5.84. The van der Waals surface area contributed by atoms with Gasteiger partial charge in [0.15, 0.2) is 0 Å². The van der Waals surface area contributed by atoms with E-state index in [9.17, 15) is 4.79 Å². The molecule has 1 saturated carbocycles. The van der Waals surface area contributed by atoms with Gasteiger partial charge in [0.05, 0.1) is 0 Å². The van der Waals surface area contributed by atoms with Gasteiger partial charge in [-0.25, -0.2) is 0 Å². The molecule has 1 heterocycles. The van der Waals surface area contributed by atoms with Crippen LogP contribution in [0.25, 0.3) is 0 Å². The molecule has 1 aliphatic heterocycles. The SMILES string of the molecule is CC1CCC(C(=O)NCCN2CCNCC2)CC1. The Morgan fingerprint density at radius 2 is 1.89 bits per heavy atom. The Kier molecular flexibility index (Phi) is 5.45. The number of carbonyl (C=O) groups excluding carboxylic acids is 1. The molecule has 0 spiro atoms. The van der Waals surface area contributed by atoms with Crippen molar-refractivity contribution in [2.24, 2.45) is 11.8 Å². The molecule has 2 aliphatic rings. The highest BCUT2D eigenvalue weighted by Gasteiger charge is 2.23. The average molecular weight is 253 g/mol. The van der Waals surface area contributed by atoms with Gasteiger partial charge >= 0.3 is 0 Å². The van der Waals surface area contributed by atoms with Crippen molar-refractivity contribution in [2.45, 2.75) is 32.6 Å². The summed E-state index contributed by atoms with van der Waals surface area (Å²) in [6, 6.07) is 0. The van der Waals surface area contributed by atoms with Gasteiger partial charge in [-0.05, 0) is 31.6 Å². The minimum Gasteiger partial charge on any atom is -0.355 e. The van der Waals surface area contributed by atoms with Crippen LogP contribution in [0.5, 0.6) is 0 Å². The van der Waals surface area contributed by atoms with Gasteiger partial charge in [-0.15, -0.1) is 0 Å². The molecule has 0 atom stereocenters. The predicted octanol–water partition coefficient (Wildman–Crippen LogP) is 0.834. The first-order chi connectivity index (χ1) is 8.75. The van der Waals surface area contributed by atoms with Crippen LogP contribution in [0, 0.1) is 11.8 Å². The number of piperazine rings is 1. The quantitative estimate of drug-likeness (QED) is 0.780. The first-order valence-corrected chi connectivity index (χ1v) is 7.46. The van der Waals surface area contributed by atoms with E-state index in [2.05, 4.69) is 22.5 Å². The van der Waals surface area contributed by atoms with E-state index in [-0.39, 0.29) is 11.8 Å². The van der Waals surface area contributed by atoms with Crippen LogP contribution < -0.4 is 10.6 Å². The van der Waals surface area contributed by atoms with Gasteiger partial charge in [-0.1, -0.05) is 6.92 Å². The van der Waals surface area contributed by atoms with Crippen molar-refractivity contribution in [3.8, 4) is 0 Å². The molecule has 2 fully saturated rings. The van der Waals surface area contributed by atoms with Crippen LogP contribution in [0.15, 0.2) is 0 Å². The lowest BCUT2D eigenvalue weighted by atomic mass is 9.82. The van der Waals surface area contributed by atoms with Gasteiger partial charge < -0.3 is 10.6 Å². The van der Waals surface area contributed by atoms with Gasteiger partial charge in [0.25, 0.3) is 0 Å². The monoisotopic (exact) mass is 253 g/mol. The Morgan fingerprint density at radius 1 is 1.22 bits per heavy atom. The van der Waals surface area contributed by atoms with E-state index in [4.69, 9.17) is 0 Å². The maximum absolute atomic E-state index is 12.0.